The number of amides is 1. The second-order valence-corrected chi connectivity index (χ2v) is 5.65. The molecular formula is C13H18N4O3S. The van der Waals surface area contributed by atoms with Gasteiger partial charge in [0.25, 0.3) is 5.56 Å². The SMILES string of the molecule is CCOC(=O)NNc1nc2scc(C(C)C)c2c(=O)n1C. The second-order valence-electron chi connectivity index (χ2n) is 4.80. The Kier molecular flexibility index (Phi) is 4.46. The molecule has 1 amide bonds. The van der Waals surface area contributed by atoms with Crippen molar-refractivity contribution in [3.63, 3.8) is 0 Å². The Labute approximate surface area is 125 Å². The predicted octanol–water partition coefficient (Wildman–Crippen LogP) is 2.19. The molecule has 0 aliphatic heterocycles. The summed E-state index contributed by atoms with van der Waals surface area (Å²) in [6.45, 7) is 6.05. The van der Waals surface area contributed by atoms with Crippen LogP contribution in [-0.4, -0.2) is 22.3 Å². The number of anilines is 1. The minimum absolute atomic E-state index is 0.141. The number of hydrogen-bond donors (Lipinski definition) is 2. The second kappa shape index (κ2) is 6.13. The van der Waals surface area contributed by atoms with Crippen molar-refractivity contribution in [2.45, 2.75) is 26.7 Å². The van der Waals surface area contributed by atoms with Gasteiger partial charge in [-0.15, -0.1) is 11.3 Å². The van der Waals surface area contributed by atoms with Gasteiger partial charge in [-0.3, -0.25) is 14.8 Å². The third-order valence-electron chi connectivity index (χ3n) is 3.02. The number of rotatable bonds is 4. The number of aromatic nitrogens is 2. The zero-order valence-electron chi connectivity index (χ0n) is 12.4. The third kappa shape index (κ3) is 2.99. The van der Waals surface area contributed by atoms with Crippen molar-refractivity contribution in [1.82, 2.24) is 15.0 Å². The Hall–Kier alpha value is -2.09. The van der Waals surface area contributed by atoms with E-state index in [-0.39, 0.29) is 24.0 Å². The number of hydrazine groups is 1. The van der Waals surface area contributed by atoms with Gasteiger partial charge in [-0.1, -0.05) is 13.8 Å². The van der Waals surface area contributed by atoms with Crippen molar-refractivity contribution in [3.8, 4) is 0 Å². The van der Waals surface area contributed by atoms with Crippen molar-refractivity contribution < 1.29 is 9.53 Å². The molecule has 8 heteroatoms. The van der Waals surface area contributed by atoms with Crippen LogP contribution in [0.1, 0.15) is 32.3 Å². The molecule has 0 saturated carbocycles. The lowest BCUT2D eigenvalue weighted by Gasteiger charge is -2.11. The van der Waals surface area contributed by atoms with Crippen LogP contribution in [0, 0.1) is 0 Å². The highest BCUT2D eigenvalue weighted by atomic mass is 32.1. The first-order valence-corrected chi connectivity index (χ1v) is 7.50. The van der Waals surface area contributed by atoms with E-state index >= 15 is 0 Å². The lowest BCUT2D eigenvalue weighted by Crippen LogP contribution is -2.34. The standard InChI is InChI=1S/C13H18N4O3S/c1-5-20-13(19)16-15-12-14-10-9(11(18)17(12)4)8(6-21-10)7(2)3/h6-7H,5H2,1-4H3,(H,14,15)(H,16,19). The monoisotopic (exact) mass is 310 g/mol. The summed E-state index contributed by atoms with van der Waals surface area (Å²) in [6.07, 6.45) is -0.624. The van der Waals surface area contributed by atoms with E-state index in [0.29, 0.717) is 10.2 Å². The van der Waals surface area contributed by atoms with Crippen LogP contribution in [0.5, 0.6) is 0 Å². The maximum absolute atomic E-state index is 12.5. The van der Waals surface area contributed by atoms with Crippen molar-refractivity contribution in [2.24, 2.45) is 7.05 Å². The fourth-order valence-electron chi connectivity index (χ4n) is 1.90. The molecule has 0 aliphatic rings. The van der Waals surface area contributed by atoms with E-state index in [9.17, 15) is 9.59 Å². The Bertz CT molecular complexity index is 720. The summed E-state index contributed by atoms with van der Waals surface area (Å²) >= 11 is 1.42. The molecule has 0 unspecified atom stereocenters. The van der Waals surface area contributed by atoms with Crippen molar-refractivity contribution in [3.05, 3.63) is 21.3 Å². The minimum atomic E-state index is -0.624. The molecule has 0 aliphatic carbocycles. The van der Waals surface area contributed by atoms with Crippen molar-refractivity contribution in [1.29, 1.82) is 0 Å². The molecule has 2 rings (SSSR count). The molecule has 114 valence electrons. The predicted molar refractivity (Wildman–Crippen MR) is 82.7 cm³/mol. The average molecular weight is 310 g/mol. The molecule has 7 nitrogen and oxygen atoms in total. The topological polar surface area (TPSA) is 85.2 Å². The van der Waals surface area contributed by atoms with Gasteiger partial charge in [0.05, 0.1) is 12.0 Å². The van der Waals surface area contributed by atoms with E-state index in [1.54, 1.807) is 14.0 Å². The average Bonchev–Trinajstić information content (AvgIpc) is 2.85. The normalized spacial score (nSPS) is 10.9. The summed E-state index contributed by atoms with van der Waals surface area (Å²) in [6, 6.07) is 0. The smallest absolute Gasteiger partial charge is 0.426 e. The van der Waals surface area contributed by atoms with E-state index in [1.807, 2.05) is 19.2 Å². The molecule has 2 aromatic heterocycles. The van der Waals surface area contributed by atoms with Crippen LogP contribution in [0.15, 0.2) is 10.2 Å². The third-order valence-corrected chi connectivity index (χ3v) is 3.91. The van der Waals surface area contributed by atoms with Crippen LogP contribution in [0.3, 0.4) is 0 Å². The molecular weight excluding hydrogens is 292 g/mol. The zero-order valence-corrected chi connectivity index (χ0v) is 13.2. The number of nitrogens with one attached hydrogen (secondary N) is 2. The summed E-state index contributed by atoms with van der Waals surface area (Å²) in [5.41, 5.74) is 5.79. The number of hydrogen-bond acceptors (Lipinski definition) is 6. The highest BCUT2D eigenvalue weighted by Gasteiger charge is 2.16. The molecule has 2 heterocycles. The molecule has 21 heavy (non-hydrogen) atoms. The van der Waals surface area contributed by atoms with Gasteiger partial charge in [-0.2, -0.15) is 0 Å². The Balaban J connectivity index is 2.37. The van der Waals surface area contributed by atoms with Crippen LogP contribution >= 0.6 is 11.3 Å². The van der Waals surface area contributed by atoms with Gasteiger partial charge in [0.1, 0.15) is 4.83 Å². The summed E-state index contributed by atoms with van der Waals surface area (Å²) in [5, 5.41) is 2.59. The van der Waals surface area contributed by atoms with E-state index in [2.05, 4.69) is 15.8 Å². The van der Waals surface area contributed by atoms with Gasteiger partial charge < -0.3 is 4.74 Å². The van der Waals surface area contributed by atoms with Crippen LogP contribution in [0.4, 0.5) is 10.7 Å². The van der Waals surface area contributed by atoms with Gasteiger partial charge in [0, 0.05) is 7.05 Å². The molecule has 0 fully saturated rings. The van der Waals surface area contributed by atoms with Gasteiger partial charge in [-0.25, -0.2) is 15.2 Å². The molecule has 0 aromatic carbocycles. The summed E-state index contributed by atoms with van der Waals surface area (Å²) in [7, 11) is 1.60. The summed E-state index contributed by atoms with van der Waals surface area (Å²) in [5.74, 6) is 0.516. The number of fused-ring (bicyclic) bond motifs is 1. The Morgan fingerprint density at radius 3 is 2.86 bits per heavy atom. The highest BCUT2D eigenvalue weighted by molar-refractivity contribution is 7.16. The van der Waals surface area contributed by atoms with E-state index in [0.717, 1.165) is 5.56 Å². The molecule has 0 spiro atoms. The Morgan fingerprint density at radius 1 is 1.52 bits per heavy atom. The maximum atomic E-state index is 12.5. The van der Waals surface area contributed by atoms with Crippen LogP contribution < -0.4 is 16.4 Å². The van der Waals surface area contributed by atoms with Crippen LogP contribution in [0.25, 0.3) is 10.2 Å². The zero-order chi connectivity index (χ0) is 15.6. The number of carbonyl (C=O) groups is 1. The van der Waals surface area contributed by atoms with Gasteiger partial charge in [0.15, 0.2) is 0 Å². The highest BCUT2D eigenvalue weighted by Crippen LogP contribution is 2.28. The number of carbonyl (C=O) groups excluding carboxylic acids is 1. The van der Waals surface area contributed by atoms with Crippen LogP contribution in [0.2, 0.25) is 0 Å². The molecule has 0 bridgehead atoms. The fraction of sp³-hybridized carbons (Fsp3) is 0.462. The quantitative estimate of drug-likeness (QED) is 0.846. The lowest BCUT2D eigenvalue weighted by molar-refractivity contribution is 0.154. The largest absolute Gasteiger partial charge is 0.449 e. The van der Waals surface area contributed by atoms with Gasteiger partial charge in [0.2, 0.25) is 5.95 Å². The number of thiophene rings is 1. The molecule has 0 saturated heterocycles. The fourth-order valence-corrected chi connectivity index (χ4v) is 2.99. The van der Waals surface area contributed by atoms with Crippen molar-refractivity contribution in [2.75, 3.05) is 12.0 Å². The first-order valence-electron chi connectivity index (χ1n) is 6.62. The molecule has 2 N–H and O–H groups in total. The van der Waals surface area contributed by atoms with E-state index in [4.69, 9.17) is 4.74 Å². The summed E-state index contributed by atoms with van der Waals surface area (Å²) in [4.78, 5) is 28.7. The van der Waals surface area contributed by atoms with Gasteiger partial charge in [-0.05, 0) is 23.8 Å². The van der Waals surface area contributed by atoms with E-state index < -0.39 is 6.09 Å². The van der Waals surface area contributed by atoms with Gasteiger partial charge >= 0.3 is 6.09 Å². The number of nitrogens with zero attached hydrogens (tertiary/aromatic N) is 2. The molecule has 0 radical (unpaired) electrons. The molecule has 0 atom stereocenters. The van der Waals surface area contributed by atoms with Crippen molar-refractivity contribution >= 4 is 33.6 Å². The molecule has 2 aromatic rings. The first-order chi connectivity index (χ1) is 9.95. The first kappa shape index (κ1) is 15.3. The minimum Gasteiger partial charge on any atom is -0.449 e. The maximum Gasteiger partial charge on any atom is 0.426 e. The lowest BCUT2D eigenvalue weighted by atomic mass is 10.0. The van der Waals surface area contributed by atoms with Crippen LogP contribution in [-0.2, 0) is 11.8 Å². The number of ether oxygens (including phenoxy) is 1. The Morgan fingerprint density at radius 2 is 2.24 bits per heavy atom. The summed E-state index contributed by atoms with van der Waals surface area (Å²) < 4.78 is 6.10. The van der Waals surface area contributed by atoms with E-state index in [1.165, 1.54) is 15.9 Å².